The predicted octanol–water partition coefficient (Wildman–Crippen LogP) is 10.1. The van der Waals surface area contributed by atoms with Crippen LogP contribution in [0.2, 0.25) is 0 Å². The summed E-state index contributed by atoms with van der Waals surface area (Å²) in [4.78, 5) is 44.3. The molecule has 0 aliphatic heterocycles. The van der Waals surface area contributed by atoms with E-state index < -0.39 is 47.2 Å². The Balaban J connectivity index is 1.39. The Kier molecular flexibility index (Phi) is 12.0. The van der Waals surface area contributed by atoms with Crippen LogP contribution in [-0.4, -0.2) is 64.6 Å². The molecule has 0 saturated heterocycles. The number of halogens is 3. The first-order valence-corrected chi connectivity index (χ1v) is 19.5. The van der Waals surface area contributed by atoms with Gasteiger partial charge in [-0.3, -0.25) is 9.69 Å². The summed E-state index contributed by atoms with van der Waals surface area (Å²) in [6, 6.07) is 25.3. The molecule has 14 heteroatoms. The summed E-state index contributed by atoms with van der Waals surface area (Å²) >= 11 is 0. The molecule has 5 aromatic rings. The number of amides is 3. The maximum Gasteiger partial charge on any atom is 0.435 e. The zero-order chi connectivity index (χ0) is 42.9. The van der Waals surface area contributed by atoms with Gasteiger partial charge < -0.3 is 25.0 Å². The largest absolute Gasteiger partial charge is 0.444 e. The third-order valence-corrected chi connectivity index (χ3v) is 9.49. The molecule has 4 aromatic carbocycles. The molecular weight excluding hydrogens is 762 g/mol. The topological polar surface area (TPSA) is 118 Å². The number of hydrogen-bond donors (Lipinski definition) is 2. The first kappa shape index (κ1) is 42.6. The van der Waals surface area contributed by atoms with Crippen molar-refractivity contribution in [2.45, 2.75) is 84.3 Å². The molecule has 1 atom stereocenters. The number of anilines is 2. The Bertz CT molecular complexity index is 2340. The van der Waals surface area contributed by atoms with Crippen LogP contribution in [0.25, 0.3) is 16.5 Å². The van der Waals surface area contributed by atoms with Gasteiger partial charge in [-0.05, 0) is 113 Å². The number of hydrogen-bond acceptors (Lipinski definition) is 7. The summed E-state index contributed by atoms with van der Waals surface area (Å²) in [7, 11) is 3.94. The molecule has 1 aliphatic rings. The van der Waals surface area contributed by atoms with E-state index in [4.69, 9.17) is 9.47 Å². The summed E-state index contributed by atoms with van der Waals surface area (Å²) < 4.78 is 54.6. The maximum atomic E-state index is 14.2. The van der Waals surface area contributed by atoms with Crippen molar-refractivity contribution < 1.29 is 37.0 Å². The van der Waals surface area contributed by atoms with E-state index in [0.717, 1.165) is 39.5 Å². The van der Waals surface area contributed by atoms with Crippen LogP contribution in [0.4, 0.5) is 34.1 Å². The molecule has 1 saturated carbocycles. The van der Waals surface area contributed by atoms with Gasteiger partial charge in [0.25, 0.3) is 5.91 Å². The van der Waals surface area contributed by atoms with Crippen molar-refractivity contribution in [2.75, 3.05) is 30.9 Å². The van der Waals surface area contributed by atoms with E-state index in [-0.39, 0.29) is 23.8 Å². The average Bonchev–Trinajstić information content (AvgIpc) is 3.84. The Morgan fingerprint density at radius 1 is 0.831 bits per heavy atom. The fourth-order valence-electron chi connectivity index (χ4n) is 6.79. The van der Waals surface area contributed by atoms with Gasteiger partial charge in [-0.2, -0.15) is 18.3 Å². The lowest BCUT2D eigenvalue weighted by Gasteiger charge is -2.35. The van der Waals surface area contributed by atoms with Crippen LogP contribution in [0.15, 0.2) is 91.0 Å². The van der Waals surface area contributed by atoms with Gasteiger partial charge in [0, 0.05) is 50.0 Å². The molecule has 1 aromatic heterocycles. The minimum Gasteiger partial charge on any atom is -0.444 e. The zero-order valence-electron chi connectivity index (χ0n) is 34.6. The van der Waals surface area contributed by atoms with Gasteiger partial charge >= 0.3 is 18.4 Å². The highest BCUT2D eigenvalue weighted by Crippen LogP contribution is 2.41. The summed E-state index contributed by atoms with van der Waals surface area (Å²) in [5, 5.41) is 11.1. The summed E-state index contributed by atoms with van der Waals surface area (Å²) in [6.07, 6.45) is -4.05. The van der Waals surface area contributed by atoms with Gasteiger partial charge in [-0.1, -0.05) is 54.6 Å². The Hall–Kier alpha value is -6.05. The van der Waals surface area contributed by atoms with E-state index in [9.17, 15) is 27.6 Å². The number of benzene rings is 4. The molecule has 2 N–H and O–H groups in total. The smallest absolute Gasteiger partial charge is 0.435 e. The van der Waals surface area contributed by atoms with Crippen LogP contribution in [0.3, 0.4) is 0 Å². The van der Waals surface area contributed by atoms with Crippen molar-refractivity contribution >= 4 is 40.2 Å². The Labute approximate surface area is 342 Å². The molecule has 1 aliphatic carbocycles. The molecule has 312 valence electrons. The van der Waals surface area contributed by atoms with Crippen molar-refractivity contribution in [1.29, 1.82) is 0 Å². The number of rotatable bonds is 11. The highest BCUT2D eigenvalue weighted by molar-refractivity contribution is 6.03. The highest BCUT2D eigenvalue weighted by atomic mass is 19.4. The maximum absolute atomic E-state index is 14.2. The molecule has 1 unspecified atom stereocenters. The van der Waals surface area contributed by atoms with E-state index in [1.165, 1.54) is 12.1 Å². The second kappa shape index (κ2) is 16.7. The highest BCUT2D eigenvalue weighted by Gasteiger charge is 2.38. The van der Waals surface area contributed by atoms with Gasteiger partial charge in [0.05, 0.1) is 11.7 Å². The molecule has 3 amide bonds. The Morgan fingerprint density at radius 2 is 1.51 bits per heavy atom. The fourth-order valence-corrected chi connectivity index (χ4v) is 6.79. The second-order valence-corrected chi connectivity index (χ2v) is 17.0. The number of alkyl halides is 3. The van der Waals surface area contributed by atoms with Crippen LogP contribution in [0.1, 0.15) is 93.3 Å². The lowest BCUT2D eigenvalue weighted by molar-refractivity contribution is -0.141. The van der Waals surface area contributed by atoms with E-state index in [2.05, 4.69) is 15.7 Å². The van der Waals surface area contributed by atoms with Crippen LogP contribution in [0.5, 0.6) is 0 Å². The number of aromatic nitrogens is 2. The molecule has 6 rings (SSSR count). The molecular formula is C45H51F3N6O5. The fraction of sp³-hybridized carbons (Fsp3) is 0.378. The van der Waals surface area contributed by atoms with Crippen molar-refractivity contribution in [1.82, 2.24) is 20.0 Å². The lowest BCUT2D eigenvalue weighted by Crippen LogP contribution is -2.41. The van der Waals surface area contributed by atoms with Gasteiger partial charge in [0.15, 0.2) is 5.69 Å². The molecule has 1 heterocycles. The normalized spacial score (nSPS) is 13.7. The first-order chi connectivity index (χ1) is 27.7. The first-order valence-electron chi connectivity index (χ1n) is 19.5. The number of alkyl carbamates (subject to hydrolysis) is 1. The van der Waals surface area contributed by atoms with Gasteiger partial charge in [0.1, 0.15) is 16.9 Å². The minimum atomic E-state index is -4.85. The molecule has 1 fully saturated rings. The number of nitrogens with zero attached hydrogens (tertiary/aromatic N) is 4. The van der Waals surface area contributed by atoms with Gasteiger partial charge in [-0.25, -0.2) is 14.3 Å². The lowest BCUT2D eigenvalue weighted by atomic mass is 9.91. The SMILES string of the molecule is CN(C)c1ccc(C(c2cccc(NC(=O)c3cc(C(F)(F)F)nn3-c3cccc(CNC(=O)OC(C)(C)C)c3)c2)N(CC2CC2)C(=O)OC(C)(C)C)c2ccccc12. The van der Waals surface area contributed by atoms with Crippen LogP contribution < -0.4 is 15.5 Å². The molecule has 0 bridgehead atoms. The van der Waals surface area contributed by atoms with Crippen LogP contribution in [0, 0.1) is 5.92 Å². The number of carbonyl (C=O) groups is 3. The molecule has 0 spiro atoms. The van der Waals surface area contributed by atoms with E-state index >= 15 is 0 Å². The number of nitrogens with one attached hydrogen (secondary N) is 2. The zero-order valence-corrected chi connectivity index (χ0v) is 34.6. The van der Waals surface area contributed by atoms with Crippen molar-refractivity contribution in [3.63, 3.8) is 0 Å². The average molecular weight is 813 g/mol. The summed E-state index contributed by atoms with van der Waals surface area (Å²) in [5.41, 5.74) is 0.370. The van der Waals surface area contributed by atoms with Crippen molar-refractivity contribution in [3.8, 4) is 5.69 Å². The predicted molar refractivity (Wildman–Crippen MR) is 222 cm³/mol. The second-order valence-electron chi connectivity index (χ2n) is 17.0. The summed E-state index contributed by atoms with van der Waals surface area (Å²) in [6.45, 7) is 11.1. The van der Waals surface area contributed by atoms with Crippen molar-refractivity contribution in [2.24, 2.45) is 5.92 Å². The summed E-state index contributed by atoms with van der Waals surface area (Å²) in [5.74, 6) is -0.559. The third kappa shape index (κ3) is 10.7. The third-order valence-electron chi connectivity index (χ3n) is 9.49. The standard InChI is InChI=1S/C45H51F3N6O5/c1-43(2,3)58-41(56)49-26-29-13-11-16-32(23-29)54-37(25-38(51-54)45(46,47)48)40(55)50-31-15-12-14-30(24-31)39(53(27-28-19-20-28)42(57)59-44(4,5)6)35-21-22-36(52(7)8)34-18-10-9-17-33(34)35/h9-18,21-25,28,39H,19-20,26-27H2,1-8H3,(H,49,56)(H,50,55). The van der Waals surface area contributed by atoms with Crippen LogP contribution >= 0.6 is 0 Å². The van der Waals surface area contributed by atoms with Gasteiger partial charge in [-0.15, -0.1) is 0 Å². The van der Waals surface area contributed by atoms with E-state index in [1.54, 1.807) is 56.0 Å². The molecule has 11 nitrogen and oxygen atoms in total. The minimum absolute atomic E-state index is 0.0137. The van der Waals surface area contributed by atoms with Crippen LogP contribution in [-0.2, 0) is 22.2 Å². The Morgan fingerprint density at radius 3 is 2.15 bits per heavy atom. The molecule has 0 radical (unpaired) electrons. The van der Waals surface area contributed by atoms with E-state index in [0.29, 0.717) is 29.4 Å². The number of fused-ring (bicyclic) bond motifs is 1. The number of carbonyl (C=O) groups excluding carboxylic acids is 3. The number of ether oxygens (including phenoxy) is 2. The quantitative estimate of drug-likeness (QED) is 0.136. The molecule has 59 heavy (non-hydrogen) atoms. The van der Waals surface area contributed by atoms with E-state index in [1.807, 2.05) is 82.2 Å². The van der Waals surface area contributed by atoms with Crippen molar-refractivity contribution in [3.05, 3.63) is 119 Å². The monoisotopic (exact) mass is 812 g/mol. The van der Waals surface area contributed by atoms with Gasteiger partial charge in [0.2, 0.25) is 0 Å².